The van der Waals surface area contributed by atoms with Crippen LogP contribution in [0.1, 0.15) is 6.92 Å². The molecule has 0 spiro atoms. The quantitative estimate of drug-likeness (QED) is 0.502. The first-order valence-electron chi connectivity index (χ1n) is 3.36. The van der Waals surface area contributed by atoms with Crippen molar-refractivity contribution in [3.05, 3.63) is 0 Å². The van der Waals surface area contributed by atoms with Crippen LogP contribution in [0.15, 0.2) is 0 Å². The van der Waals surface area contributed by atoms with Crippen LogP contribution in [-0.4, -0.2) is 41.1 Å². The van der Waals surface area contributed by atoms with Crippen LogP contribution >= 0.6 is 0 Å². The van der Waals surface area contributed by atoms with Crippen LogP contribution in [0.25, 0.3) is 0 Å². The molecule has 0 bridgehead atoms. The molecule has 1 aliphatic heterocycles. The first-order valence-corrected chi connectivity index (χ1v) is 3.36. The Labute approximate surface area is 64.0 Å². The van der Waals surface area contributed by atoms with Gasteiger partial charge in [0.1, 0.15) is 6.54 Å². The highest BCUT2D eigenvalue weighted by atomic mass is 16.3. The van der Waals surface area contributed by atoms with E-state index in [-0.39, 0.29) is 19.0 Å². The second-order valence-corrected chi connectivity index (χ2v) is 2.58. The molecule has 11 heavy (non-hydrogen) atoms. The van der Waals surface area contributed by atoms with Gasteiger partial charge in [-0.25, -0.2) is 4.79 Å². The molecule has 1 rings (SSSR count). The summed E-state index contributed by atoms with van der Waals surface area (Å²) in [5, 5.41) is 11.0. The summed E-state index contributed by atoms with van der Waals surface area (Å²) in [5.74, 6) is -0.310. The molecule has 5 nitrogen and oxygen atoms in total. The monoisotopic (exact) mass is 158 g/mol. The Bertz CT molecular complexity index is 190. The maximum absolute atomic E-state index is 10.8. The van der Waals surface area contributed by atoms with Gasteiger partial charge in [-0.15, -0.1) is 0 Å². The van der Waals surface area contributed by atoms with Gasteiger partial charge < -0.3 is 10.0 Å². The highest BCUT2D eigenvalue weighted by Gasteiger charge is 2.26. The zero-order chi connectivity index (χ0) is 8.43. The van der Waals surface area contributed by atoms with Crippen LogP contribution in [-0.2, 0) is 4.79 Å². The van der Waals surface area contributed by atoms with E-state index in [1.807, 2.05) is 0 Å². The first-order chi connectivity index (χ1) is 5.09. The van der Waals surface area contributed by atoms with Crippen molar-refractivity contribution in [3.63, 3.8) is 0 Å². The second kappa shape index (κ2) is 2.87. The van der Waals surface area contributed by atoms with Crippen molar-refractivity contribution in [2.24, 2.45) is 0 Å². The fraction of sp³-hybridized carbons (Fsp3) is 0.667. The lowest BCUT2D eigenvalue weighted by Crippen LogP contribution is -2.33. The van der Waals surface area contributed by atoms with Gasteiger partial charge in [0, 0.05) is 6.54 Å². The summed E-state index contributed by atoms with van der Waals surface area (Å²) in [7, 11) is 0. The fourth-order valence-corrected chi connectivity index (χ4v) is 0.949. The minimum atomic E-state index is -0.591. The van der Waals surface area contributed by atoms with E-state index in [0.29, 0.717) is 0 Å². The molecular weight excluding hydrogens is 148 g/mol. The van der Waals surface area contributed by atoms with Crippen LogP contribution in [0.3, 0.4) is 0 Å². The summed E-state index contributed by atoms with van der Waals surface area (Å²) >= 11 is 0. The molecule has 1 unspecified atom stereocenters. The summed E-state index contributed by atoms with van der Waals surface area (Å²) in [4.78, 5) is 22.7. The maximum atomic E-state index is 10.8. The summed E-state index contributed by atoms with van der Waals surface area (Å²) in [6.07, 6.45) is -0.591. The number of aliphatic hydroxyl groups excluding tert-OH is 1. The van der Waals surface area contributed by atoms with E-state index < -0.39 is 12.1 Å². The van der Waals surface area contributed by atoms with E-state index in [1.54, 1.807) is 6.92 Å². The van der Waals surface area contributed by atoms with E-state index >= 15 is 0 Å². The molecule has 0 aromatic heterocycles. The van der Waals surface area contributed by atoms with Gasteiger partial charge in [-0.05, 0) is 6.92 Å². The Morgan fingerprint density at radius 3 is 2.73 bits per heavy atom. The number of carbonyl (C=O) groups excluding carboxylic acids is 2. The fourth-order valence-electron chi connectivity index (χ4n) is 0.949. The topological polar surface area (TPSA) is 69.6 Å². The van der Waals surface area contributed by atoms with E-state index in [4.69, 9.17) is 5.11 Å². The summed E-state index contributed by atoms with van der Waals surface area (Å²) < 4.78 is 0. The lowest BCUT2D eigenvalue weighted by molar-refractivity contribution is -0.118. The standard InChI is InChI=1S/C6H10N2O3/c1-4(9)2-8-3-5(10)7-6(8)11/h4,9H,2-3H2,1H3,(H,7,10,11). The van der Waals surface area contributed by atoms with Crippen molar-refractivity contribution in [2.75, 3.05) is 13.1 Å². The number of nitrogens with one attached hydrogen (secondary N) is 1. The number of rotatable bonds is 2. The predicted octanol–water partition coefficient (Wildman–Crippen LogP) is -1.08. The van der Waals surface area contributed by atoms with Crippen LogP contribution < -0.4 is 5.32 Å². The molecule has 1 aliphatic rings. The number of amides is 3. The molecule has 3 amide bonds. The summed E-state index contributed by atoms with van der Waals surface area (Å²) in [6.45, 7) is 1.83. The van der Waals surface area contributed by atoms with Gasteiger partial charge in [-0.3, -0.25) is 10.1 Å². The van der Waals surface area contributed by atoms with E-state index in [1.165, 1.54) is 4.90 Å². The SMILES string of the molecule is CC(O)CN1CC(=O)NC1=O. The second-order valence-electron chi connectivity index (χ2n) is 2.58. The van der Waals surface area contributed by atoms with Gasteiger partial charge >= 0.3 is 6.03 Å². The Balaban J connectivity index is 2.47. The number of aliphatic hydroxyl groups is 1. The van der Waals surface area contributed by atoms with Crippen LogP contribution in [0.2, 0.25) is 0 Å². The highest BCUT2D eigenvalue weighted by Crippen LogP contribution is 1.98. The highest BCUT2D eigenvalue weighted by molar-refractivity contribution is 6.01. The predicted molar refractivity (Wildman–Crippen MR) is 36.8 cm³/mol. The van der Waals surface area contributed by atoms with Crippen molar-refractivity contribution >= 4 is 11.9 Å². The van der Waals surface area contributed by atoms with Crippen molar-refractivity contribution in [2.45, 2.75) is 13.0 Å². The lowest BCUT2D eigenvalue weighted by Gasteiger charge is -2.14. The molecule has 0 aromatic carbocycles. The van der Waals surface area contributed by atoms with Gasteiger partial charge in [0.2, 0.25) is 5.91 Å². The Morgan fingerprint density at radius 2 is 2.36 bits per heavy atom. The molecule has 1 fully saturated rings. The number of carbonyl (C=O) groups is 2. The Morgan fingerprint density at radius 1 is 1.73 bits per heavy atom. The van der Waals surface area contributed by atoms with Crippen LogP contribution in [0.5, 0.6) is 0 Å². The van der Waals surface area contributed by atoms with Gasteiger partial charge in [-0.1, -0.05) is 0 Å². The van der Waals surface area contributed by atoms with Crippen molar-refractivity contribution in [1.82, 2.24) is 10.2 Å². The minimum Gasteiger partial charge on any atom is -0.392 e. The normalized spacial score (nSPS) is 20.4. The van der Waals surface area contributed by atoms with Gasteiger partial charge in [-0.2, -0.15) is 0 Å². The molecule has 1 atom stereocenters. The first kappa shape index (κ1) is 8.00. The number of nitrogens with zero attached hydrogens (tertiary/aromatic N) is 1. The van der Waals surface area contributed by atoms with E-state index in [2.05, 4.69) is 5.32 Å². The number of urea groups is 1. The molecule has 0 saturated carbocycles. The lowest BCUT2D eigenvalue weighted by atomic mass is 10.4. The maximum Gasteiger partial charge on any atom is 0.324 e. The average molecular weight is 158 g/mol. The van der Waals surface area contributed by atoms with Crippen molar-refractivity contribution in [1.29, 1.82) is 0 Å². The molecule has 0 radical (unpaired) electrons. The Hall–Kier alpha value is -1.10. The average Bonchev–Trinajstić information content (AvgIpc) is 2.09. The third kappa shape index (κ3) is 1.91. The smallest absolute Gasteiger partial charge is 0.324 e. The third-order valence-corrected chi connectivity index (χ3v) is 1.35. The molecule has 1 saturated heterocycles. The number of β-amino-alcohol motifs (C(OH)–C–C–N with tert-alkyl or cyclic N) is 1. The van der Waals surface area contributed by atoms with Gasteiger partial charge in [0.05, 0.1) is 6.10 Å². The molecule has 62 valence electrons. The largest absolute Gasteiger partial charge is 0.392 e. The molecule has 2 N–H and O–H groups in total. The van der Waals surface area contributed by atoms with Gasteiger partial charge in [0.25, 0.3) is 0 Å². The van der Waals surface area contributed by atoms with Crippen LogP contribution in [0.4, 0.5) is 4.79 Å². The number of imide groups is 1. The number of hydrogen-bond acceptors (Lipinski definition) is 3. The zero-order valence-corrected chi connectivity index (χ0v) is 6.20. The minimum absolute atomic E-state index is 0.0593. The van der Waals surface area contributed by atoms with E-state index in [9.17, 15) is 9.59 Å². The zero-order valence-electron chi connectivity index (χ0n) is 6.20. The van der Waals surface area contributed by atoms with Gasteiger partial charge in [0.15, 0.2) is 0 Å². The molecule has 1 heterocycles. The Kier molecular flexibility index (Phi) is 2.09. The van der Waals surface area contributed by atoms with E-state index in [0.717, 1.165) is 0 Å². The molecule has 5 heteroatoms. The van der Waals surface area contributed by atoms with Crippen LogP contribution in [0, 0.1) is 0 Å². The molecule has 0 aliphatic carbocycles. The van der Waals surface area contributed by atoms with Crippen molar-refractivity contribution in [3.8, 4) is 0 Å². The summed E-state index contributed by atoms with van der Waals surface area (Å²) in [6, 6.07) is -0.420. The molecular formula is C6H10N2O3. The molecule has 0 aromatic rings. The number of hydrogen-bond donors (Lipinski definition) is 2. The van der Waals surface area contributed by atoms with Crippen molar-refractivity contribution < 1.29 is 14.7 Å². The third-order valence-electron chi connectivity index (χ3n) is 1.35. The summed E-state index contributed by atoms with van der Waals surface area (Å²) in [5.41, 5.74) is 0.